The molecule has 3 N–H and O–H groups in total. The highest BCUT2D eigenvalue weighted by Crippen LogP contribution is 2.21. The van der Waals surface area contributed by atoms with E-state index in [1.54, 1.807) is 24.3 Å². The highest BCUT2D eigenvalue weighted by molar-refractivity contribution is 7.89. The van der Waals surface area contributed by atoms with Crippen LogP contribution in [0.2, 0.25) is 0 Å². The Balaban J connectivity index is 2.12. The molecule has 96 valence electrons. The molecule has 4 nitrogen and oxygen atoms in total. The van der Waals surface area contributed by atoms with Crippen LogP contribution >= 0.6 is 0 Å². The first-order chi connectivity index (χ1) is 8.62. The van der Waals surface area contributed by atoms with Crippen LogP contribution in [0.5, 0.6) is 0 Å². The second kappa shape index (κ2) is 5.53. The summed E-state index contributed by atoms with van der Waals surface area (Å²) in [5, 5.41) is 0. The number of nitrogens with two attached hydrogens (primary N) is 1. The summed E-state index contributed by atoms with van der Waals surface area (Å²) < 4.78 is 26.7. The Kier molecular flexibility index (Phi) is 4.02. The molecule has 1 fully saturated rings. The minimum atomic E-state index is -3.38. The Morgan fingerprint density at radius 2 is 1.94 bits per heavy atom. The van der Waals surface area contributed by atoms with Crippen LogP contribution in [-0.4, -0.2) is 21.0 Å². The van der Waals surface area contributed by atoms with Crippen molar-refractivity contribution in [2.75, 3.05) is 6.54 Å². The minimum Gasteiger partial charge on any atom is -0.320 e. The van der Waals surface area contributed by atoms with Gasteiger partial charge in [-0.2, -0.15) is 0 Å². The zero-order chi connectivity index (χ0) is 13.0. The molecule has 1 aliphatic carbocycles. The third-order valence-electron chi connectivity index (χ3n) is 2.93. The van der Waals surface area contributed by atoms with E-state index in [-0.39, 0.29) is 10.9 Å². The lowest BCUT2D eigenvalue weighted by molar-refractivity contribution is 0.383. The molecular weight excluding hydrogens is 248 g/mol. The fraction of sp³-hybridized carbons (Fsp3) is 0.385. The van der Waals surface area contributed by atoms with Crippen LogP contribution in [0, 0.1) is 11.8 Å². The van der Waals surface area contributed by atoms with Gasteiger partial charge in [0.25, 0.3) is 0 Å². The Morgan fingerprint density at radius 3 is 2.44 bits per heavy atom. The van der Waals surface area contributed by atoms with Gasteiger partial charge in [0.2, 0.25) is 10.0 Å². The van der Waals surface area contributed by atoms with Crippen molar-refractivity contribution in [3.8, 4) is 11.8 Å². The fourth-order valence-electron chi connectivity index (χ4n) is 1.68. The topological polar surface area (TPSA) is 72.2 Å². The number of rotatable bonds is 3. The van der Waals surface area contributed by atoms with Crippen molar-refractivity contribution < 1.29 is 8.42 Å². The standard InChI is InChI=1S/C13H16N2O2S/c14-10-2-3-11-6-8-13(9-7-11)18(16,17)15-12-4-1-5-12/h6-9,12,15H,1,4-5,10,14H2. The summed E-state index contributed by atoms with van der Waals surface area (Å²) in [5.41, 5.74) is 6.04. The molecule has 1 aliphatic rings. The Bertz CT molecular complexity index is 563. The predicted molar refractivity (Wildman–Crippen MR) is 70.3 cm³/mol. The van der Waals surface area contributed by atoms with Crippen molar-refractivity contribution in [3.63, 3.8) is 0 Å². The van der Waals surface area contributed by atoms with Gasteiger partial charge >= 0.3 is 0 Å². The van der Waals surface area contributed by atoms with Gasteiger partial charge in [0, 0.05) is 11.6 Å². The SMILES string of the molecule is NCC#Cc1ccc(S(=O)(=O)NC2CCC2)cc1. The largest absolute Gasteiger partial charge is 0.320 e. The van der Waals surface area contributed by atoms with Crippen molar-refractivity contribution in [1.82, 2.24) is 4.72 Å². The van der Waals surface area contributed by atoms with Crippen molar-refractivity contribution in [2.24, 2.45) is 5.73 Å². The second-order valence-corrected chi connectivity index (χ2v) is 5.99. The predicted octanol–water partition coefficient (Wildman–Crippen LogP) is 0.828. The second-order valence-electron chi connectivity index (χ2n) is 4.28. The summed E-state index contributed by atoms with van der Waals surface area (Å²) in [5.74, 6) is 5.58. The molecule has 0 bridgehead atoms. The van der Waals surface area contributed by atoms with E-state index in [4.69, 9.17) is 5.73 Å². The summed E-state index contributed by atoms with van der Waals surface area (Å²) in [6.45, 7) is 0.295. The molecule has 0 radical (unpaired) electrons. The van der Waals surface area contributed by atoms with Crippen LogP contribution in [0.25, 0.3) is 0 Å². The van der Waals surface area contributed by atoms with E-state index in [1.165, 1.54) is 0 Å². The first-order valence-electron chi connectivity index (χ1n) is 5.93. The monoisotopic (exact) mass is 264 g/mol. The van der Waals surface area contributed by atoms with E-state index < -0.39 is 10.0 Å². The zero-order valence-electron chi connectivity index (χ0n) is 10.0. The van der Waals surface area contributed by atoms with Crippen molar-refractivity contribution in [2.45, 2.75) is 30.2 Å². The van der Waals surface area contributed by atoms with Gasteiger partial charge in [0.05, 0.1) is 11.4 Å². The third-order valence-corrected chi connectivity index (χ3v) is 4.46. The molecule has 0 amide bonds. The molecule has 0 atom stereocenters. The van der Waals surface area contributed by atoms with Gasteiger partial charge in [-0.25, -0.2) is 13.1 Å². The van der Waals surface area contributed by atoms with E-state index in [0.717, 1.165) is 24.8 Å². The van der Waals surface area contributed by atoms with E-state index >= 15 is 0 Å². The zero-order valence-corrected chi connectivity index (χ0v) is 10.8. The summed E-state index contributed by atoms with van der Waals surface area (Å²) in [7, 11) is -3.38. The van der Waals surface area contributed by atoms with Gasteiger partial charge in [-0.3, -0.25) is 0 Å². The molecule has 5 heteroatoms. The molecule has 0 aromatic heterocycles. The Morgan fingerprint density at radius 1 is 1.28 bits per heavy atom. The molecule has 0 saturated heterocycles. The van der Waals surface area contributed by atoms with Crippen molar-refractivity contribution in [1.29, 1.82) is 0 Å². The van der Waals surface area contributed by atoms with Crippen LogP contribution in [-0.2, 0) is 10.0 Å². The molecule has 1 aromatic rings. The number of benzene rings is 1. The van der Waals surface area contributed by atoms with E-state index in [9.17, 15) is 8.42 Å². The summed E-state index contributed by atoms with van der Waals surface area (Å²) in [6, 6.07) is 6.63. The van der Waals surface area contributed by atoms with E-state index in [1.807, 2.05) is 0 Å². The molecule has 0 heterocycles. The lowest BCUT2D eigenvalue weighted by atomic mass is 9.94. The average molecular weight is 264 g/mol. The maximum Gasteiger partial charge on any atom is 0.240 e. The maximum absolute atomic E-state index is 12.0. The van der Waals surface area contributed by atoms with E-state index in [0.29, 0.717) is 6.54 Å². The van der Waals surface area contributed by atoms with Crippen LogP contribution < -0.4 is 10.5 Å². The quantitative estimate of drug-likeness (QED) is 0.794. The maximum atomic E-state index is 12.0. The van der Waals surface area contributed by atoms with Gasteiger partial charge in [-0.1, -0.05) is 18.3 Å². The van der Waals surface area contributed by atoms with E-state index in [2.05, 4.69) is 16.6 Å². The summed E-state index contributed by atoms with van der Waals surface area (Å²) in [4.78, 5) is 0.285. The lowest BCUT2D eigenvalue weighted by Gasteiger charge is -2.26. The van der Waals surface area contributed by atoms with Crippen molar-refractivity contribution in [3.05, 3.63) is 29.8 Å². The number of hydrogen-bond donors (Lipinski definition) is 2. The van der Waals surface area contributed by atoms with Crippen LogP contribution in [0.1, 0.15) is 24.8 Å². The van der Waals surface area contributed by atoms with Crippen LogP contribution in [0.4, 0.5) is 0 Å². The van der Waals surface area contributed by atoms with Crippen LogP contribution in [0.15, 0.2) is 29.2 Å². The molecular formula is C13H16N2O2S. The Labute approximate surface area is 108 Å². The van der Waals surface area contributed by atoms with Gasteiger partial charge in [0.15, 0.2) is 0 Å². The lowest BCUT2D eigenvalue weighted by Crippen LogP contribution is -2.39. The van der Waals surface area contributed by atoms with Gasteiger partial charge < -0.3 is 5.73 Å². The number of nitrogens with one attached hydrogen (secondary N) is 1. The molecule has 0 aliphatic heterocycles. The van der Waals surface area contributed by atoms with Crippen molar-refractivity contribution >= 4 is 10.0 Å². The highest BCUT2D eigenvalue weighted by Gasteiger charge is 2.24. The molecule has 2 rings (SSSR count). The summed E-state index contributed by atoms with van der Waals surface area (Å²) in [6.07, 6.45) is 2.96. The smallest absolute Gasteiger partial charge is 0.240 e. The Hall–Kier alpha value is -1.35. The third kappa shape index (κ3) is 3.10. The molecule has 0 unspecified atom stereocenters. The molecule has 18 heavy (non-hydrogen) atoms. The van der Waals surface area contributed by atoms with Gasteiger partial charge in [-0.05, 0) is 37.1 Å². The first-order valence-corrected chi connectivity index (χ1v) is 7.41. The number of sulfonamides is 1. The summed E-state index contributed by atoms with van der Waals surface area (Å²) >= 11 is 0. The van der Waals surface area contributed by atoms with Crippen LogP contribution in [0.3, 0.4) is 0 Å². The number of hydrogen-bond acceptors (Lipinski definition) is 3. The average Bonchev–Trinajstić information content (AvgIpc) is 2.32. The highest BCUT2D eigenvalue weighted by atomic mass is 32.2. The van der Waals surface area contributed by atoms with Gasteiger partial charge in [-0.15, -0.1) is 0 Å². The first kappa shape index (κ1) is 13.1. The normalized spacial score (nSPS) is 15.6. The van der Waals surface area contributed by atoms with Gasteiger partial charge in [0.1, 0.15) is 0 Å². The fourth-order valence-corrected chi connectivity index (χ4v) is 2.99. The minimum absolute atomic E-state index is 0.103. The molecule has 0 spiro atoms. The molecule has 1 saturated carbocycles. The molecule has 1 aromatic carbocycles.